The van der Waals surface area contributed by atoms with E-state index in [2.05, 4.69) is 27.2 Å². The molecule has 0 radical (unpaired) electrons. The Morgan fingerprint density at radius 1 is 0.895 bits per heavy atom. The van der Waals surface area contributed by atoms with Crippen molar-refractivity contribution in [1.29, 1.82) is 5.41 Å². The Hall–Kier alpha value is -3.68. The van der Waals surface area contributed by atoms with Gasteiger partial charge in [0.05, 0.1) is 25.0 Å². The van der Waals surface area contributed by atoms with E-state index in [-0.39, 0.29) is 5.91 Å². The number of hydrogen-bond donors (Lipinski definition) is 3. The number of hydrogen-bond acceptors (Lipinski definition) is 6. The number of carbonyl (C=O) groups is 1. The lowest BCUT2D eigenvalue weighted by molar-refractivity contribution is -0.0660. The minimum Gasteiger partial charge on any atom is -0.398 e. The fourth-order valence-corrected chi connectivity index (χ4v) is 4.57. The van der Waals surface area contributed by atoms with Crippen LogP contribution in [0.25, 0.3) is 0 Å². The molecule has 0 spiro atoms. The van der Waals surface area contributed by atoms with Crippen molar-refractivity contribution in [3.8, 4) is 0 Å². The van der Waals surface area contributed by atoms with Gasteiger partial charge in [0.2, 0.25) is 0 Å². The second kappa shape index (κ2) is 12.2. The number of anilines is 2. The van der Waals surface area contributed by atoms with Gasteiger partial charge in [0.15, 0.2) is 0 Å². The van der Waals surface area contributed by atoms with E-state index in [0.29, 0.717) is 35.1 Å². The molecule has 3 fully saturated rings. The fourth-order valence-electron chi connectivity index (χ4n) is 4.57. The van der Waals surface area contributed by atoms with E-state index in [4.69, 9.17) is 15.9 Å². The second-order valence-corrected chi connectivity index (χ2v) is 10.2. The monoisotopic (exact) mass is 511 g/mol. The maximum absolute atomic E-state index is 12.7. The smallest absolute Gasteiger partial charge is 0.251 e. The molecule has 7 nitrogen and oxygen atoms in total. The lowest BCUT2D eigenvalue weighted by Crippen LogP contribution is -2.56. The van der Waals surface area contributed by atoms with Crippen molar-refractivity contribution < 1.29 is 9.53 Å². The molecule has 0 aromatic heterocycles. The Morgan fingerprint density at radius 3 is 2.16 bits per heavy atom. The normalized spacial score (nSPS) is 17.1. The van der Waals surface area contributed by atoms with E-state index in [1.54, 1.807) is 18.2 Å². The van der Waals surface area contributed by atoms with Gasteiger partial charge in [-0.05, 0) is 35.9 Å². The lowest BCUT2D eigenvalue weighted by Gasteiger charge is -2.43. The maximum atomic E-state index is 12.7. The molecule has 0 atom stereocenters. The van der Waals surface area contributed by atoms with Crippen molar-refractivity contribution in [3.63, 3.8) is 0 Å². The van der Waals surface area contributed by atoms with Gasteiger partial charge in [-0.3, -0.25) is 15.1 Å². The molecular formula is C31H37N5O2. The van der Waals surface area contributed by atoms with Crippen LogP contribution in [0.4, 0.5) is 11.4 Å². The number of carbonyl (C=O) groups excluding carboxylic acids is 1. The third-order valence-electron chi connectivity index (χ3n) is 7.21. The second-order valence-electron chi connectivity index (χ2n) is 10.2. The van der Waals surface area contributed by atoms with E-state index in [0.717, 1.165) is 56.2 Å². The Balaban J connectivity index is 0.000000916. The van der Waals surface area contributed by atoms with Crippen LogP contribution in [0, 0.1) is 5.41 Å². The first kappa shape index (κ1) is 25.9. The highest BCUT2D eigenvalue weighted by Crippen LogP contribution is 2.23. The summed E-state index contributed by atoms with van der Waals surface area (Å²) in [6.45, 7) is 6.22. The molecular weight excluding hydrogens is 474 g/mol. The molecule has 4 N–H and O–H groups in total. The summed E-state index contributed by atoms with van der Waals surface area (Å²) in [4.78, 5) is 17.6. The first-order valence-corrected chi connectivity index (χ1v) is 13.6. The summed E-state index contributed by atoms with van der Waals surface area (Å²) in [5.41, 5.74) is 11.0. The number of piperazine rings is 1. The van der Waals surface area contributed by atoms with Gasteiger partial charge in [0, 0.05) is 60.8 Å². The zero-order valence-electron chi connectivity index (χ0n) is 21.9. The van der Waals surface area contributed by atoms with Crippen LogP contribution in [0.1, 0.15) is 46.3 Å². The summed E-state index contributed by atoms with van der Waals surface area (Å²) in [6, 6.07) is 23.5. The number of nitrogens with two attached hydrogens (primary N) is 1. The van der Waals surface area contributed by atoms with Crippen LogP contribution in [-0.2, 0) is 11.3 Å². The minimum absolute atomic E-state index is 0.189. The van der Waals surface area contributed by atoms with E-state index in [1.165, 1.54) is 19.3 Å². The molecule has 1 saturated carbocycles. The van der Waals surface area contributed by atoms with Gasteiger partial charge in [-0.25, -0.2) is 0 Å². The molecule has 3 aromatic rings. The van der Waals surface area contributed by atoms with Gasteiger partial charge in [-0.2, -0.15) is 0 Å². The molecule has 0 unspecified atom stereocenters. The average molecular weight is 512 g/mol. The highest BCUT2D eigenvalue weighted by atomic mass is 16.5. The first-order valence-electron chi connectivity index (χ1n) is 13.6. The van der Waals surface area contributed by atoms with Crippen molar-refractivity contribution in [2.75, 3.05) is 50.0 Å². The van der Waals surface area contributed by atoms with Crippen LogP contribution in [0.5, 0.6) is 0 Å². The van der Waals surface area contributed by atoms with Crippen LogP contribution in [0.2, 0.25) is 0 Å². The third kappa shape index (κ3) is 6.60. The molecule has 2 saturated heterocycles. The zero-order chi connectivity index (χ0) is 26.3. The van der Waals surface area contributed by atoms with Crippen molar-refractivity contribution in [2.24, 2.45) is 0 Å². The highest BCUT2D eigenvalue weighted by molar-refractivity contribution is 6.15. The van der Waals surface area contributed by atoms with Crippen LogP contribution in [0.3, 0.4) is 0 Å². The average Bonchev–Trinajstić information content (AvgIpc) is 3.82. The topological polar surface area (TPSA) is 94.7 Å². The number of nitrogen functional groups attached to an aromatic ring is 1. The first-order chi connectivity index (χ1) is 18.6. The molecule has 6 rings (SSSR count). The molecule has 3 aromatic carbocycles. The summed E-state index contributed by atoms with van der Waals surface area (Å²) >= 11 is 0. The van der Waals surface area contributed by atoms with Crippen LogP contribution in [-0.4, -0.2) is 62.0 Å². The summed E-state index contributed by atoms with van der Waals surface area (Å²) in [7, 11) is 0. The number of nitrogens with one attached hydrogen (secondary N) is 2. The Labute approximate surface area is 225 Å². The van der Waals surface area contributed by atoms with Crippen molar-refractivity contribution in [3.05, 3.63) is 95.1 Å². The van der Waals surface area contributed by atoms with Crippen LogP contribution >= 0.6 is 0 Å². The Bertz CT molecular complexity index is 1230. The third-order valence-corrected chi connectivity index (χ3v) is 7.21. The molecule has 3 aliphatic rings. The van der Waals surface area contributed by atoms with E-state index in [9.17, 15) is 4.79 Å². The molecule has 0 bridgehead atoms. The van der Waals surface area contributed by atoms with Gasteiger partial charge >= 0.3 is 0 Å². The molecule has 1 amide bonds. The van der Waals surface area contributed by atoms with Gasteiger partial charge < -0.3 is 20.7 Å². The van der Waals surface area contributed by atoms with Crippen LogP contribution in [0.15, 0.2) is 72.8 Å². The largest absolute Gasteiger partial charge is 0.398 e. The number of benzene rings is 3. The molecule has 198 valence electrons. The fraction of sp³-hybridized carbons (Fsp3) is 0.355. The summed E-state index contributed by atoms with van der Waals surface area (Å²) in [5.74, 6) is -0.189. The summed E-state index contributed by atoms with van der Waals surface area (Å²) in [5, 5.41) is 11.7. The van der Waals surface area contributed by atoms with E-state index in [1.807, 2.05) is 42.5 Å². The molecule has 1 aliphatic carbocycles. The van der Waals surface area contributed by atoms with Crippen molar-refractivity contribution in [1.82, 2.24) is 10.2 Å². The Kier molecular flexibility index (Phi) is 8.36. The predicted octanol–water partition coefficient (Wildman–Crippen LogP) is 4.31. The summed E-state index contributed by atoms with van der Waals surface area (Å²) in [6.07, 6.45) is 4.50. The zero-order valence-corrected chi connectivity index (χ0v) is 21.9. The summed E-state index contributed by atoms with van der Waals surface area (Å²) < 4.78 is 5.32. The Morgan fingerprint density at radius 2 is 1.55 bits per heavy atom. The van der Waals surface area contributed by atoms with Gasteiger partial charge in [0.1, 0.15) is 0 Å². The molecule has 2 heterocycles. The number of ether oxygens (including phenoxy) is 1. The number of rotatable bonds is 7. The van der Waals surface area contributed by atoms with Crippen LogP contribution < -0.4 is 16.0 Å². The quantitative estimate of drug-likeness (QED) is 0.325. The standard InChI is InChI=1S/C28H31N5O2.C3H6/c29-26-11-8-22(28(34)31-17-20-4-2-1-3-5-20)16-25(26)27(30)21-6-9-23(10-7-21)32-12-14-33(15-13-32)24-18-35-19-24;1-2-3-1/h1-11,16,24,30H,12-15,17-19,29H2,(H,31,34);1-3H2. The van der Waals surface area contributed by atoms with E-state index < -0.39 is 0 Å². The van der Waals surface area contributed by atoms with Gasteiger partial charge in [-0.15, -0.1) is 0 Å². The SMILES string of the molecule is C1CC1.N=C(c1ccc(N2CCN(C3COC3)CC2)cc1)c1cc(C(=O)NCc2ccccc2)ccc1N. The number of nitrogens with zero attached hydrogens (tertiary/aromatic N) is 2. The predicted molar refractivity (Wildman–Crippen MR) is 153 cm³/mol. The molecule has 7 heteroatoms. The van der Waals surface area contributed by atoms with Crippen molar-refractivity contribution >= 4 is 23.0 Å². The van der Waals surface area contributed by atoms with Crippen molar-refractivity contribution in [2.45, 2.75) is 31.8 Å². The number of amides is 1. The lowest BCUT2D eigenvalue weighted by atomic mass is 9.98. The minimum atomic E-state index is -0.189. The molecule has 38 heavy (non-hydrogen) atoms. The van der Waals surface area contributed by atoms with E-state index >= 15 is 0 Å². The van der Waals surface area contributed by atoms with Gasteiger partial charge in [-0.1, -0.05) is 61.7 Å². The molecule has 2 aliphatic heterocycles. The van der Waals surface area contributed by atoms with Gasteiger partial charge in [0.25, 0.3) is 5.91 Å². The maximum Gasteiger partial charge on any atom is 0.251 e. The highest BCUT2D eigenvalue weighted by Gasteiger charge is 2.28.